The number of ether oxygens (including phenoxy) is 2. The summed E-state index contributed by atoms with van der Waals surface area (Å²) in [5.74, 6) is -1.26. The van der Waals surface area contributed by atoms with E-state index in [4.69, 9.17) is 15.2 Å². The van der Waals surface area contributed by atoms with E-state index in [1.165, 1.54) is 60.9 Å². The van der Waals surface area contributed by atoms with E-state index in [1.807, 2.05) is 30.3 Å². The maximum Gasteiger partial charge on any atom is 0.343 e. The van der Waals surface area contributed by atoms with Crippen LogP contribution in [0.2, 0.25) is 0 Å². The molecule has 0 aliphatic carbocycles. The summed E-state index contributed by atoms with van der Waals surface area (Å²) in [5.41, 5.74) is 6.23. The number of benzene rings is 3. The van der Waals surface area contributed by atoms with E-state index >= 15 is 0 Å². The average molecular weight is 455 g/mol. The van der Waals surface area contributed by atoms with E-state index in [1.54, 1.807) is 0 Å². The molecule has 0 aliphatic heterocycles. The SMILES string of the molecule is COc1ccc(C(=O)Oc2cccc(C(N)=O)c2)cc1S(=O)(=O)N(C)Cc1ccccc1. The van der Waals surface area contributed by atoms with Gasteiger partial charge in [-0.05, 0) is 42.0 Å². The van der Waals surface area contributed by atoms with E-state index in [9.17, 15) is 18.0 Å². The lowest BCUT2D eigenvalue weighted by Gasteiger charge is -2.19. The van der Waals surface area contributed by atoms with Gasteiger partial charge in [-0.1, -0.05) is 36.4 Å². The Morgan fingerprint density at radius 3 is 2.31 bits per heavy atom. The zero-order valence-electron chi connectivity index (χ0n) is 17.5. The number of rotatable bonds is 8. The van der Waals surface area contributed by atoms with Crippen molar-refractivity contribution >= 4 is 21.9 Å². The Bertz CT molecular complexity index is 1240. The molecule has 0 radical (unpaired) electrons. The van der Waals surface area contributed by atoms with Crippen molar-refractivity contribution < 1.29 is 27.5 Å². The number of nitrogens with zero attached hydrogens (tertiary/aromatic N) is 1. The Morgan fingerprint density at radius 2 is 1.66 bits per heavy atom. The summed E-state index contributed by atoms with van der Waals surface area (Å²) in [6, 6.07) is 18.9. The van der Waals surface area contributed by atoms with Crippen LogP contribution >= 0.6 is 0 Å². The minimum absolute atomic E-state index is 0.00182. The van der Waals surface area contributed by atoms with Gasteiger partial charge in [-0.3, -0.25) is 4.79 Å². The van der Waals surface area contributed by atoms with E-state index in [-0.39, 0.29) is 34.1 Å². The second-order valence-corrected chi connectivity index (χ2v) is 8.91. The molecule has 3 aromatic carbocycles. The molecule has 0 aliphatic rings. The maximum absolute atomic E-state index is 13.2. The van der Waals surface area contributed by atoms with Crippen LogP contribution in [0.3, 0.4) is 0 Å². The van der Waals surface area contributed by atoms with Gasteiger partial charge in [0.15, 0.2) is 0 Å². The van der Waals surface area contributed by atoms with Crippen molar-refractivity contribution in [1.29, 1.82) is 0 Å². The average Bonchev–Trinajstić information content (AvgIpc) is 2.79. The molecule has 0 bridgehead atoms. The molecule has 0 aromatic heterocycles. The highest BCUT2D eigenvalue weighted by Crippen LogP contribution is 2.29. The first-order valence-corrected chi connectivity index (χ1v) is 11.0. The molecular weight excluding hydrogens is 432 g/mol. The summed E-state index contributed by atoms with van der Waals surface area (Å²) in [7, 11) is -1.19. The van der Waals surface area contributed by atoms with Crippen molar-refractivity contribution in [1.82, 2.24) is 4.31 Å². The van der Waals surface area contributed by atoms with Crippen LogP contribution in [-0.2, 0) is 16.6 Å². The highest BCUT2D eigenvalue weighted by Gasteiger charge is 2.27. The number of carbonyl (C=O) groups excluding carboxylic acids is 2. The minimum atomic E-state index is -3.99. The Labute approximate surface area is 186 Å². The summed E-state index contributed by atoms with van der Waals surface area (Å²) in [4.78, 5) is 23.8. The van der Waals surface area contributed by atoms with Crippen molar-refractivity contribution in [3.63, 3.8) is 0 Å². The Hall–Kier alpha value is -3.69. The molecule has 0 fully saturated rings. The molecule has 0 saturated carbocycles. The van der Waals surface area contributed by atoms with Gasteiger partial charge in [0.1, 0.15) is 16.4 Å². The van der Waals surface area contributed by atoms with E-state index in [0.29, 0.717) is 0 Å². The first kappa shape index (κ1) is 23.0. The molecule has 0 atom stereocenters. The number of methoxy groups -OCH3 is 1. The predicted octanol–water partition coefficient (Wildman–Crippen LogP) is 2.83. The number of hydrogen-bond donors (Lipinski definition) is 1. The van der Waals surface area contributed by atoms with Crippen LogP contribution in [0, 0.1) is 0 Å². The molecule has 0 heterocycles. The van der Waals surface area contributed by atoms with Crippen LogP contribution in [-0.4, -0.2) is 38.8 Å². The molecule has 0 unspecified atom stereocenters. The lowest BCUT2D eigenvalue weighted by atomic mass is 10.2. The molecule has 8 nitrogen and oxygen atoms in total. The molecule has 0 spiro atoms. The molecule has 1 amide bonds. The first-order valence-electron chi connectivity index (χ1n) is 9.52. The van der Waals surface area contributed by atoms with Crippen molar-refractivity contribution in [2.24, 2.45) is 5.73 Å². The Morgan fingerprint density at radius 1 is 0.938 bits per heavy atom. The molecule has 3 aromatic rings. The van der Waals surface area contributed by atoms with Crippen molar-refractivity contribution in [3.05, 3.63) is 89.5 Å². The van der Waals surface area contributed by atoms with Crippen LogP contribution < -0.4 is 15.2 Å². The standard InChI is InChI=1S/C23H22N2O6S/c1-25(15-16-7-4-3-5-8-16)32(28,29)21-14-18(11-12-20(21)30-2)23(27)31-19-10-6-9-17(13-19)22(24)26/h3-14H,15H2,1-2H3,(H2,24,26). The van der Waals surface area contributed by atoms with Gasteiger partial charge in [0, 0.05) is 19.2 Å². The normalized spacial score (nSPS) is 11.2. The number of esters is 1. The Kier molecular flexibility index (Phi) is 6.92. The summed E-state index contributed by atoms with van der Waals surface area (Å²) >= 11 is 0. The lowest BCUT2D eigenvalue weighted by molar-refractivity contribution is 0.0733. The quantitative estimate of drug-likeness (QED) is 0.413. The molecule has 9 heteroatoms. The largest absolute Gasteiger partial charge is 0.495 e. The third-order valence-corrected chi connectivity index (χ3v) is 6.49. The van der Waals surface area contributed by atoms with Crippen molar-refractivity contribution in [2.45, 2.75) is 11.4 Å². The van der Waals surface area contributed by atoms with Crippen LogP contribution in [0.5, 0.6) is 11.5 Å². The smallest absolute Gasteiger partial charge is 0.343 e. The predicted molar refractivity (Wildman–Crippen MR) is 118 cm³/mol. The molecule has 3 rings (SSSR count). The van der Waals surface area contributed by atoms with Gasteiger partial charge >= 0.3 is 5.97 Å². The number of nitrogens with two attached hydrogens (primary N) is 1. The van der Waals surface area contributed by atoms with Gasteiger partial charge in [0.05, 0.1) is 12.7 Å². The summed E-state index contributed by atoms with van der Waals surface area (Å²) in [6.07, 6.45) is 0. The van der Waals surface area contributed by atoms with Crippen LogP contribution in [0.1, 0.15) is 26.3 Å². The van der Waals surface area contributed by atoms with Gasteiger partial charge in [-0.2, -0.15) is 4.31 Å². The topological polar surface area (TPSA) is 116 Å². The number of sulfonamides is 1. The van der Waals surface area contributed by atoms with Gasteiger partial charge < -0.3 is 15.2 Å². The van der Waals surface area contributed by atoms with E-state index < -0.39 is 21.9 Å². The number of primary amides is 1. The molecule has 32 heavy (non-hydrogen) atoms. The van der Waals surface area contributed by atoms with Crippen molar-refractivity contribution in [2.75, 3.05) is 14.2 Å². The zero-order chi connectivity index (χ0) is 23.3. The van der Waals surface area contributed by atoms with E-state index in [2.05, 4.69) is 0 Å². The first-order chi connectivity index (χ1) is 15.2. The maximum atomic E-state index is 13.2. The second kappa shape index (κ2) is 9.63. The highest BCUT2D eigenvalue weighted by atomic mass is 32.2. The minimum Gasteiger partial charge on any atom is -0.495 e. The van der Waals surface area contributed by atoms with Gasteiger partial charge in [0.25, 0.3) is 0 Å². The van der Waals surface area contributed by atoms with Crippen LogP contribution in [0.25, 0.3) is 0 Å². The van der Waals surface area contributed by atoms with Gasteiger partial charge in [-0.15, -0.1) is 0 Å². The fourth-order valence-electron chi connectivity index (χ4n) is 2.98. The fourth-order valence-corrected chi connectivity index (χ4v) is 4.31. The molecule has 166 valence electrons. The third-order valence-electron chi connectivity index (χ3n) is 4.66. The van der Waals surface area contributed by atoms with Gasteiger partial charge in [-0.25, -0.2) is 13.2 Å². The molecule has 2 N–H and O–H groups in total. The summed E-state index contributed by atoms with van der Waals surface area (Å²) in [5, 5.41) is 0. The second-order valence-electron chi connectivity index (χ2n) is 6.89. The van der Waals surface area contributed by atoms with Crippen LogP contribution in [0.15, 0.2) is 77.7 Å². The fraction of sp³-hybridized carbons (Fsp3) is 0.130. The Balaban J connectivity index is 1.90. The van der Waals surface area contributed by atoms with E-state index in [0.717, 1.165) is 5.56 Å². The van der Waals surface area contributed by atoms with Crippen LogP contribution in [0.4, 0.5) is 0 Å². The van der Waals surface area contributed by atoms with Crippen molar-refractivity contribution in [3.8, 4) is 11.5 Å². The number of amides is 1. The number of carbonyl (C=O) groups is 2. The molecule has 0 saturated heterocycles. The lowest BCUT2D eigenvalue weighted by Crippen LogP contribution is -2.27. The summed E-state index contributed by atoms with van der Waals surface area (Å²) < 4.78 is 38.1. The monoisotopic (exact) mass is 454 g/mol. The summed E-state index contributed by atoms with van der Waals surface area (Å²) in [6.45, 7) is 0.140. The third kappa shape index (κ3) is 5.13. The highest BCUT2D eigenvalue weighted by molar-refractivity contribution is 7.89. The van der Waals surface area contributed by atoms with Gasteiger partial charge in [0.2, 0.25) is 15.9 Å². The zero-order valence-corrected chi connectivity index (χ0v) is 18.3. The number of hydrogen-bond acceptors (Lipinski definition) is 6. The molecular formula is C23H22N2O6S.